The molecule has 1 aliphatic heterocycles. The SMILES string of the molecule is COC(=O)C1=C(C(=O)c2ccccc2)C(=O)C(=O)N1c1ccc(OC)cc1. The lowest BCUT2D eigenvalue weighted by Gasteiger charge is -2.18. The molecule has 1 amide bonds. The molecule has 3 rings (SSSR count). The Bertz CT molecular complexity index is 960. The van der Waals surface area contributed by atoms with Crippen LogP contribution in [0.1, 0.15) is 10.4 Å². The van der Waals surface area contributed by atoms with Crippen molar-refractivity contribution in [3.05, 3.63) is 71.4 Å². The molecule has 0 saturated heterocycles. The third-order valence-corrected chi connectivity index (χ3v) is 4.06. The zero-order valence-corrected chi connectivity index (χ0v) is 14.6. The minimum absolute atomic E-state index is 0.187. The fourth-order valence-corrected chi connectivity index (χ4v) is 2.74. The number of rotatable bonds is 5. The van der Waals surface area contributed by atoms with Crippen LogP contribution in [0.2, 0.25) is 0 Å². The van der Waals surface area contributed by atoms with Gasteiger partial charge in [-0.1, -0.05) is 30.3 Å². The molecule has 0 aliphatic carbocycles. The number of carbonyl (C=O) groups is 4. The summed E-state index contributed by atoms with van der Waals surface area (Å²) < 4.78 is 9.79. The van der Waals surface area contributed by atoms with Crippen LogP contribution in [-0.2, 0) is 19.1 Å². The van der Waals surface area contributed by atoms with Gasteiger partial charge in [-0.2, -0.15) is 0 Å². The van der Waals surface area contributed by atoms with Crippen LogP contribution in [0.25, 0.3) is 0 Å². The molecule has 136 valence electrons. The van der Waals surface area contributed by atoms with E-state index >= 15 is 0 Å². The molecular formula is C20H15NO6. The molecule has 0 atom stereocenters. The van der Waals surface area contributed by atoms with Gasteiger partial charge in [-0.3, -0.25) is 19.3 Å². The van der Waals surface area contributed by atoms with Crippen LogP contribution in [0.4, 0.5) is 5.69 Å². The first-order chi connectivity index (χ1) is 13.0. The largest absolute Gasteiger partial charge is 0.497 e. The number of methoxy groups -OCH3 is 2. The van der Waals surface area contributed by atoms with Gasteiger partial charge in [0.05, 0.1) is 14.2 Å². The molecule has 7 heteroatoms. The molecule has 0 N–H and O–H groups in total. The summed E-state index contributed by atoms with van der Waals surface area (Å²) in [6.45, 7) is 0. The van der Waals surface area contributed by atoms with Crippen LogP contribution in [0.5, 0.6) is 5.75 Å². The quantitative estimate of drug-likeness (QED) is 0.348. The van der Waals surface area contributed by atoms with Crippen molar-refractivity contribution in [2.45, 2.75) is 0 Å². The molecule has 0 radical (unpaired) electrons. The minimum atomic E-state index is -1.06. The molecule has 0 unspecified atom stereocenters. The summed E-state index contributed by atoms with van der Waals surface area (Å²) in [6, 6.07) is 14.1. The summed E-state index contributed by atoms with van der Waals surface area (Å²) in [5.74, 6) is -3.20. The molecule has 0 fully saturated rings. The van der Waals surface area contributed by atoms with E-state index in [0.29, 0.717) is 5.75 Å². The highest BCUT2D eigenvalue weighted by Gasteiger charge is 2.46. The summed E-state index contributed by atoms with van der Waals surface area (Å²) in [5, 5.41) is 0. The predicted octanol–water partition coefficient (Wildman–Crippen LogP) is 1.92. The van der Waals surface area contributed by atoms with Gasteiger partial charge in [-0.25, -0.2) is 4.79 Å². The number of carbonyl (C=O) groups excluding carboxylic acids is 4. The van der Waals surface area contributed by atoms with E-state index in [4.69, 9.17) is 9.47 Å². The summed E-state index contributed by atoms with van der Waals surface area (Å²) >= 11 is 0. The molecule has 7 nitrogen and oxygen atoms in total. The number of ether oxygens (including phenoxy) is 2. The van der Waals surface area contributed by atoms with Crippen molar-refractivity contribution in [1.82, 2.24) is 0 Å². The molecule has 0 aromatic heterocycles. The zero-order valence-electron chi connectivity index (χ0n) is 14.6. The molecule has 1 aliphatic rings. The van der Waals surface area contributed by atoms with Crippen LogP contribution >= 0.6 is 0 Å². The topological polar surface area (TPSA) is 90.0 Å². The highest BCUT2D eigenvalue weighted by atomic mass is 16.5. The first-order valence-corrected chi connectivity index (χ1v) is 7.94. The van der Waals surface area contributed by atoms with E-state index in [1.807, 2.05) is 0 Å². The van der Waals surface area contributed by atoms with E-state index in [1.54, 1.807) is 30.3 Å². The van der Waals surface area contributed by atoms with Gasteiger partial charge in [-0.05, 0) is 24.3 Å². The standard InChI is InChI=1S/C20H15NO6/c1-26-14-10-8-13(9-11-14)21-16(20(25)27-2)15(18(23)19(21)24)17(22)12-6-4-3-5-7-12/h3-11H,1-2H3. The first kappa shape index (κ1) is 18.1. The highest BCUT2D eigenvalue weighted by molar-refractivity contribution is 6.59. The van der Waals surface area contributed by atoms with Crippen LogP contribution in [-0.4, -0.2) is 37.7 Å². The number of hydrogen-bond acceptors (Lipinski definition) is 6. The molecule has 2 aromatic carbocycles. The van der Waals surface area contributed by atoms with Crippen LogP contribution in [0.3, 0.4) is 0 Å². The van der Waals surface area contributed by atoms with Crippen molar-refractivity contribution in [2.75, 3.05) is 19.1 Å². The van der Waals surface area contributed by atoms with Crippen molar-refractivity contribution < 1.29 is 28.7 Å². The smallest absolute Gasteiger partial charge is 0.356 e. The Morgan fingerprint density at radius 1 is 0.889 bits per heavy atom. The molecule has 1 heterocycles. The minimum Gasteiger partial charge on any atom is -0.497 e. The van der Waals surface area contributed by atoms with E-state index in [2.05, 4.69) is 0 Å². The number of Topliss-reactive ketones (excluding diaryl/α,β-unsaturated/α-hetero) is 2. The van der Waals surface area contributed by atoms with Gasteiger partial charge < -0.3 is 9.47 Å². The molecule has 27 heavy (non-hydrogen) atoms. The normalized spacial score (nSPS) is 13.8. The molecule has 0 saturated carbocycles. The monoisotopic (exact) mass is 365 g/mol. The Morgan fingerprint density at radius 3 is 2.07 bits per heavy atom. The molecule has 2 aromatic rings. The van der Waals surface area contributed by atoms with Crippen molar-refractivity contribution in [3.63, 3.8) is 0 Å². The summed E-state index contributed by atoms with van der Waals surface area (Å²) in [4.78, 5) is 51.2. The van der Waals surface area contributed by atoms with Gasteiger partial charge >= 0.3 is 11.9 Å². The molecule has 0 spiro atoms. The van der Waals surface area contributed by atoms with Crippen molar-refractivity contribution in [1.29, 1.82) is 0 Å². The fourth-order valence-electron chi connectivity index (χ4n) is 2.74. The Morgan fingerprint density at radius 2 is 1.52 bits per heavy atom. The summed E-state index contributed by atoms with van der Waals surface area (Å²) in [6.07, 6.45) is 0. The second kappa shape index (κ2) is 7.25. The van der Waals surface area contributed by atoms with Gasteiger partial charge in [0.2, 0.25) is 0 Å². The Labute approximate surface area is 154 Å². The van der Waals surface area contributed by atoms with Crippen molar-refractivity contribution in [3.8, 4) is 5.75 Å². The number of anilines is 1. The lowest BCUT2D eigenvalue weighted by Crippen LogP contribution is -2.31. The van der Waals surface area contributed by atoms with Crippen molar-refractivity contribution in [2.24, 2.45) is 0 Å². The Hall–Kier alpha value is -3.74. The maximum Gasteiger partial charge on any atom is 0.356 e. The third kappa shape index (κ3) is 3.10. The maximum atomic E-state index is 12.8. The van der Waals surface area contributed by atoms with Crippen LogP contribution in [0.15, 0.2) is 65.9 Å². The highest BCUT2D eigenvalue weighted by Crippen LogP contribution is 2.32. The number of ketones is 2. The van der Waals surface area contributed by atoms with Gasteiger partial charge in [0, 0.05) is 11.3 Å². The van der Waals surface area contributed by atoms with Crippen LogP contribution in [0, 0.1) is 0 Å². The van der Waals surface area contributed by atoms with E-state index < -0.39 is 34.7 Å². The second-order valence-electron chi connectivity index (χ2n) is 5.58. The molecule has 0 bridgehead atoms. The maximum absolute atomic E-state index is 12.8. The van der Waals surface area contributed by atoms with E-state index in [1.165, 1.54) is 31.4 Å². The fraction of sp³-hybridized carbons (Fsp3) is 0.100. The second-order valence-corrected chi connectivity index (χ2v) is 5.58. The average molecular weight is 365 g/mol. The van der Waals surface area contributed by atoms with Gasteiger partial charge in [0.25, 0.3) is 5.78 Å². The number of nitrogens with zero attached hydrogens (tertiary/aromatic N) is 1. The number of amides is 1. The number of esters is 1. The van der Waals surface area contributed by atoms with E-state index in [9.17, 15) is 19.2 Å². The van der Waals surface area contributed by atoms with E-state index in [-0.39, 0.29) is 11.3 Å². The van der Waals surface area contributed by atoms with Gasteiger partial charge in [0.1, 0.15) is 11.3 Å². The van der Waals surface area contributed by atoms with Crippen LogP contribution < -0.4 is 9.64 Å². The summed E-state index contributed by atoms with van der Waals surface area (Å²) in [5.41, 5.74) is -0.475. The lowest BCUT2D eigenvalue weighted by molar-refractivity contribution is -0.136. The van der Waals surface area contributed by atoms with Gasteiger partial charge in [0.15, 0.2) is 11.5 Å². The van der Waals surface area contributed by atoms with Crippen molar-refractivity contribution >= 4 is 29.1 Å². The number of hydrogen-bond donors (Lipinski definition) is 0. The third-order valence-electron chi connectivity index (χ3n) is 4.06. The van der Waals surface area contributed by atoms with E-state index in [0.717, 1.165) is 12.0 Å². The average Bonchev–Trinajstić information content (AvgIpc) is 2.98. The lowest BCUT2D eigenvalue weighted by atomic mass is 10.00. The summed E-state index contributed by atoms with van der Waals surface area (Å²) in [7, 11) is 2.59. The Balaban J connectivity index is 2.16. The first-order valence-electron chi connectivity index (χ1n) is 7.94. The van der Waals surface area contributed by atoms with Gasteiger partial charge in [-0.15, -0.1) is 0 Å². The Kier molecular flexibility index (Phi) is 4.85. The zero-order chi connectivity index (χ0) is 19.6. The molecular weight excluding hydrogens is 350 g/mol. The number of benzene rings is 2. The predicted molar refractivity (Wildman–Crippen MR) is 95.3 cm³/mol.